The van der Waals surface area contributed by atoms with Gasteiger partial charge in [-0.25, -0.2) is 0 Å². The highest BCUT2D eigenvalue weighted by atomic mass is 79.9. The van der Waals surface area contributed by atoms with Gasteiger partial charge in [-0.2, -0.15) is 0 Å². The summed E-state index contributed by atoms with van der Waals surface area (Å²) in [6, 6.07) is 0. The van der Waals surface area contributed by atoms with E-state index < -0.39 is 0 Å². The number of hydrogen-bond acceptors (Lipinski definition) is 2. The van der Waals surface area contributed by atoms with Crippen LogP contribution in [0.5, 0.6) is 0 Å². The lowest BCUT2D eigenvalue weighted by molar-refractivity contribution is 0.0715. The quantitative estimate of drug-likeness (QED) is 0.504. The van der Waals surface area contributed by atoms with Crippen LogP contribution < -0.4 is 0 Å². The van der Waals surface area contributed by atoms with E-state index >= 15 is 0 Å². The van der Waals surface area contributed by atoms with E-state index in [2.05, 4.69) is 46.5 Å². The highest BCUT2D eigenvalue weighted by Gasteiger charge is 2.24. The Bertz CT molecular complexity index is 134. The summed E-state index contributed by atoms with van der Waals surface area (Å²) in [6.07, 6.45) is 0. The zero-order valence-corrected chi connectivity index (χ0v) is 9.89. The van der Waals surface area contributed by atoms with E-state index in [0.29, 0.717) is 5.54 Å². The van der Waals surface area contributed by atoms with E-state index in [-0.39, 0.29) is 0 Å². The molecule has 3 heteroatoms. The molecule has 0 radical (unpaired) electrons. The van der Waals surface area contributed by atoms with Crippen molar-refractivity contribution >= 4 is 15.9 Å². The van der Waals surface area contributed by atoms with Crippen LogP contribution in [0, 0.1) is 0 Å². The lowest BCUT2D eigenvalue weighted by Crippen LogP contribution is -2.52. The molecule has 0 unspecified atom stereocenters. The highest BCUT2D eigenvalue weighted by molar-refractivity contribution is 9.09. The van der Waals surface area contributed by atoms with Crippen molar-refractivity contribution in [2.45, 2.75) is 26.3 Å². The Hall–Kier alpha value is 0.400. The first-order chi connectivity index (χ1) is 5.54. The van der Waals surface area contributed by atoms with Crippen molar-refractivity contribution in [1.82, 2.24) is 9.80 Å². The SMILES string of the molecule is CC(C)(C)N1CCN(CBr)CC1. The van der Waals surface area contributed by atoms with Gasteiger partial charge >= 0.3 is 0 Å². The molecule has 0 amide bonds. The average molecular weight is 235 g/mol. The Kier molecular flexibility index (Phi) is 3.56. The number of hydrogen-bond donors (Lipinski definition) is 0. The van der Waals surface area contributed by atoms with Gasteiger partial charge in [0, 0.05) is 31.7 Å². The molecule has 1 aliphatic heterocycles. The van der Waals surface area contributed by atoms with E-state index in [0.717, 1.165) is 5.45 Å². The van der Waals surface area contributed by atoms with Crippen LogP contribution in [0.1, 0.15) is 20.8 Å². The fraction of sp³-hybridized carbons (Fsp3) is 1.00. The van der Waals surface area contributed by atoms with Crippen LogP contribution in [0.4, 0.5) is 0 Å². The molecule has 2 nitrogen and oxygen atoms in total. The molecule has 1 heterocycles. The molecule has 0 aliphatic carbocycles. The molecule has 12 heavy (non-hydrogen) atoms. The first-order valence-electron chi connectivity index (χ1n) is 4.57. The van der Waals surface area contributed by atoms with Gasteiger partial charge in [0.2, 0.25) is 0 Å². The number of rotatable bonds is 1. The maximum Gasteiger partial charge on any atom is 0.0543 e. The maximum atomic E-state index is 3.49. The molecule has 72 valence electrons. The Balaban J connectivity index is 2.36. The zero-order valence-electron chi connectivity index (χ0n) is 8.31. The normalized spacial score (nSPS) is 23.0. The molecule has 0 N–H and O–H groups in total. The summed E-state index contributed by atoms with van der Waals surface area (Å²) < 4.78 is 0. The summed E-state index contributed by atoms with van der Waals surface area (Å²) in [4.78, 5) is 4.98. The van der Waals surface area contributed by atoms with Crippen molar-refractivity contribution in [2.75, 3.05) is 31.6 Å². The summed E-state index contributed by atoms with van der Waals surface area (Å²) in [7, 11) is 0. The molecule has 0 bridgehead atoms. The minimum Gasteiger partial charge on any atom is -0.296 e. The predicted molar refractivity (Wildman–Crippen MR) is 56.7 cm³/mol. The van der Waals surface area contributed by atoms with Crippen molar-refractivity contribution < 1.29 is 0 Å². The summed E-state index contributed by atoms with van der Waals surface area (Å²) in [5.41, 5.74) is 1.36. The van der Waals surface area contributed by atoms with Crippen LogP contribution in [0.25, 0.3) is 0 Å². The van der Waals surface area contributed by atoms with E-state index in [9.17, 15) is 0 Å². The van der Waals surface area contributed by atoms with Crippen LogP contribution in [0.15, 0.2) is 0 Å². The van der Waals surface area contributed by atoms with Gasteiger partial charge in [0.25, 0.3) is 0 Å². The minimum atomic E-state index is 0.346. The second-order valence-electron chi connectivity index (χ2n) is 4.40. The predicted octanol–water partition coefficient (Wildman–Crippen LogP) is 1.75. The smallest absolute Gasteiger partial charge is 0.0543 e. The largest absolute Gasteiger partial charge is 0.296 e. The summed E-state index contributed by atoms with van der Waals surface area (Å²) in [5.74, 6) is 0. The fourth-order valence-corrected chi connectivity index (χ4v) is 2.04. The summed E-state index contributed by atoms with van der Waals surface area (Å²) >= 11 is 3.49. The van der Waals surface area contributed by atoms with Gasteiger partial charge in [-0.15, -0.1) is 0 Å². The standard InChI is InChI=1S/C9H19BrN2/c1-9(2,3)12-6-4-11(8-10)5-7-12/h4-8H2,1-3H3. The van der Waals surface area contributed by atoms with Crippen molar-refractivity contribution in [2.24, 2.45) is 0 Å². The molecule has 0 aromatic rings. The van der Waals surface area contributed by atoms with Crippen LogP contribution >= 0.6 is 15.9 Å². The second-order valence-corrected chi connectivity index (χ2v) is 4.90. The topological polar surface area (TPSA) is 6.48 Å². The third kappa shape index (κ3) is 2.71. The lowest BCUT2D eigenvalue weighted by atomic mass is 10.1. The Morgan fingerprint density at radius 1 is 1.08 bits per heavy atom. The molecule has 0 saturated carbocycles. The number of nitrogens with zero attached hydrogens (tertiary/aromatic N) is 2. The number of halogens is 1. The average Bonchev–Trinajstić information content (AvgIpc) is 2.03. The monoisotopic (exact) mass is 234 g/mol. The van der Waals surface area contributed by atoms with Gasteiger partial charge in [-0.1, -0.05) is 15.9 Å². The van der Waals surface area contributed by atoms with Crippen LogP contribution in [0.2, 0.25) is 0 Å². The molecule has 0 atom stereocenters. The van der Waals surface area contributed by atoms with Crippen LogP contribution in [-0.2, 0) is 0 Å². The highest BCUT2D eigenvalue weighted by Crippen LogP contribution is 2.15. The third-order valence-corrected chi connectivity index (χ3v) is 3.20. The van der Waals surface area contributed by atoms with E-state index in [1.807, 2.05) is 0 Å². The molecule has 1 saturated heterocycles. The fourth-order valence-electron chi connectivity index (χ4n) is 1.54. The molecule has 0 aromatic heterocycles. The summed E-state index contributed by atoms with van der Waals surface area (Å²) in [5, 5.41) is 0. The van der Waals surface area contributed by atoms with Gasteiger partial charge < -0.3 is 0 Å². The molecular formula is C9H19BrN2. The first kappa shape index (κ1) is 10.5. The molecule has 0 aromatic carbocycles. The zero-order chi connectivity index (χ0) is 9.19. The Labute approximate surface area is 84.0 Å². The first-order valence-corrected chi connectivity index (χ1v) is 5.69. The van der Waals surface area contributed by atoms with Gasteiger partial charge in [-0.3, -0.25) is 9.80 Å². The number of piperazine rings is 1. The Morgan fingerprint density at radius 3 is 1.92 bits per heavy atom. The molecular weight excluding hydrogens is 216 g/mol. The van der Waals surface area contributed by atoms with E-state index in [4.69, 9.17) is 0 Å². The summed E-state index contributed by atoms with van der Waals surface area (Å²) in [6.45, 7) is 11.7. The van der Waals surface area contributed by atoms with Gasteiger partial charge in [0.15, 0.2) is 0 Å². The lowest BCUT2D eigenvalue weighted by Gasteiger charge is -2.41. The van der Waals surface area contributed by atoms with E-state index in [1.54, 1.807) is 0 Å². The van der Waals surface area contributed by atoms with Gasteiger partial charge in [-0.05, 0) is 20.8 Å². The van der Waals surface area contributed by atoms with Crippen molar-refractivity contribution in [3.05, 3.63) is 0 Å². The Morgan fingerprint density at radius 2 is 1.58 bits per heavy atom. The maximum absolute atomic E-state index is 3.49. The molecule has 0 spiro atoms. The second kappa shape index (κ2) is 4.07. The molecule has 1 rings (SSSR count). The van der Waals surface area contributed by atoms with Crippen molar-refractivity contribution in [3.63, 3.8) is 0 Å². The molecule has 1 fully saturated rings. The van der Waals surface area contributed by atoms with Gasteiger partial charge in [0.1, 0.15) is 0 Å². The van der Waals surface area contributed by atoms with Crippen LogP contribution in [-0.4, -0.2) is 47.0 Å². The van der Waals surface area contributed by atoms with Crippen molar-refractivity contribution in [3.8, 4) is 0 Å². The van der Waals surface area contributed by atoms with Crippen molar-refractivity contribution in [1.29, 1.82) is 0 Å². The van der Waals surface area contributed by atoms with Gasteiger partial charge in [0.05, 0.1) is 5.45 Å². The minimum absolute atomic E-state index is 0.346. The van der Waals surface area contributed by atoms with E-state index in [1.165, 1.54) is 26.2 Å². The van der Waals surface area contributed by atoms with Crippen LogP contribution in [0.3, 0.4) is 0 Å². The molecule has 1 aliphatic rings. The number of alkyl halides is 1. The third-order valence-electron chi connectivity index (χ3n) is 2.49.